The Labute approximate surface area is 184 Å². The number of carbonyl (C=O) groups excluding carboxylic acids is 1. The molecule has 31 heavy (non-hydrogen) atoms. The molecule has 0 atom stereocenters. The summed E-state index contributed by atoms with van der Waals surface area (Å²) in [5.41, 5.74) is 3.45. The molecule has 0 spiro atoms. The van der Waals surface area contributed by atoms with Gasteiger partial charge in [0.15, 0.2) is 5.17 Å². The predicted octanol–water partition coefficient (Wildman–Crippen LogP) is 5.33. The van der Waals surface area contributed by atoms with Gasteiger partial charge in [0.2, 0.25) is 0 Å². The first-order valence-corrected chi connectivity index (χ1v) is 11.0. The Bertz CT molecular complexity index is 1140. The van der Waals surface area contributed by atoms with Crippen molar-refractivity contribution < 1.29 is 9.72 Å². The van der Waals surface area contributed by atoms with Gasteiger partial charge in [0.05, 0.1) is 16.3 Å². The normalized spacial score (nSPS) is 19.3. The molecule has 0 N–H and O–H groups in total. The number of amidine groups is 1. The topological polar surface area (TPSA) is 79.0 Å². The van der Waals surface area contributed by atoms with Crippen molar-refractivity contribution in [1.29, 1.82) is 0 Å². The number of hydrogen-bond acceptors (Lipinski definition) is 6. The molecule has 158 valence electrons. The van der Waals surface area contributed by atoms with Crippen LogP contribution in [-0.4, -0.2) is 34.0 Å². The molecule has 1 fully saturated rings. The van der Waals surface area contributed by atoms with Gasteiger partial charge in [-0.1, -0.05) is 37.3 Å². The first kappa shape index (κ1) is 20.9. The molecule has 0 radical (unpaired) electrons. The summed E-state index contributed by atoms with van der Waals surface area (Å²) in [4.78, 5) is 33.0. The summed E-state index contributed by atoms with van der Waals surface area (Å²) in [7, 11) is 0. The van der Waals surface area contributed by atoms with Crippen molar-refractivity contribution in [2.45, 2.75) is 20.3 Å². The number of nitro groups is 1. The molecule has 4 rings (SSSR count). The number of aliphatic imine (C=N–C) groups is 1. The van der Waals surface area contributed by atoms with E-state index >= 15 is 0 Å². The minimum atomic E-state index is -0.447. The fourth-order valence-corrected chi connectivity index (χ4v) is 4.75. The number of anilines is 1. The largest absolute Gasteiger partial charge is 0.340 e. The summed E-state index contributed by atoms with van der Waals surface area (Å²) in [5.74, 6) is -0.0893. The number of allylic oxidation sites excluding steroid dienone is 1. The van der Waals surface area contributed by atoms with E-state index in [1.807, 2.05) is 31.2 Å². The lowest BCUT2D eigenvalue weighted by Crippen LogP contribution is -2.31. The average molecular weight is 435 g/mol. The number of carbonyl (C=O) groups is 1. The zero-order valence-electron chi connectivity index (χ0n) is 17.3. The smallest absolute Gasteiger partial charge is 0.271 e. The Morgan fingerprint density at radius 2 is 1.87 bits per heavy atom. The monoisotopic (exact) mass is 434 g/mol. The van der Waals surface area contributed by atoms with Crippen molar-refractivity contribution in [3.05, 3.63) is 80.9 Å². The van der Waals surface area contributed by atoms with E-state index in [9.17, 15) is 14.9 Å². The summed E-state index contributed by atoms with van der Waals surface area (Å²) < 4.78 is 0. The SMILES string of the molecule is CCCN1C(=O)C(=C2C=Cc3ccccc3N2CC)SC1=Nc1cccc([N+](=O)[O-])c1. The first-order chi connectivity index (χ1) is 15.0. The number of likely N-dealkylation sites (N-methyl/N-ethyl adjacent to an activating group) is 1. The maximum atomic E-state index is 13.3. The minimum absolute atomic E-state index is 0.0271. The lowest BCUT2D eigenvalue weighted by Gasteiger charge is -2.30. The van der Waals surface area contributed by atoms with E-state index in [0.717, 1.165) is 29.9 Å². The Morgan fingerprint density at radius 3 is 2.61 bits per heavy atom. The fraction of sp³-hybridized carbons (Fsp3) is 0.217. The van der Waals surface area contributed by atoms with E-state index in [0.29, 0.717) is 22.3 Å². The van der Waals surface area contributed by atoms with Gasteiger partial charge >= 0.3 is 0 Å². The Morgan fingerprint density at radius 1 is 1.06 bits per heavy atom. The van der Waals surface area contributed by atoms with Crippen molar-refractivity contribution in [2.24, 2.45) is 4.99 Å². The van der Waals surface area contributed by atoms with Gasteiger partial charge < -0.3 is 4.90 Å². The molecule has 0 aromatic heterocycles. The molecule has 1 saturated heterocycles. The van der Waals surface area contributed by atoms with Gasteiger partial charge in [-0.15, -0.1) is 0 Å². The minimum Gasteiger partial charge on any atom is -0.340 e. The number of amides is 1. The molecule has 2 aromatic rings. The number of rotatable bonds is 5. The van der Waals surface area contributed by atoms with E-state index in [2.05, 4.69) is 28.9 Å². The molecule has 0 saturated carbocycles. The van der Waals surface area contributed by atoms with Crippen molar-refractivity contribution in [1.82, 2.24) is 4.90 Å². The highest BCUT2D eigenvalue weighted by Gasteiger charge is 2.36. The van der Waals surface area contributed by atoms with Gasteiger partial charge in [-0.3, -0.25) is 19.8 Å². The van der Waals surface area contributed by atoms with Gasteiger partial charge in [0.1, 0.15) is 4.91 Å². The molecular formula is C23H22N4O3S. The number of fused-ring (bicyclic) bond motifs is 1. The molecular weight excluding hydrogens is 412 g/mol. The molecule has 1 amide bonds. The van der Waals surface area contributed by atoms with Crippen LogP contribution in [0.25, 0.3) is 6.08 Å². The van der Waals surface area contributed by atoms with Gasteiger partial charge in [0, 0.05) is 30.9 Å². The summed E-state index contributed by atoms with van der Waals surface area (Å²) in [6, 6.07) is 14.2. The highest BCUT2D eigenvalue weighted by atomic mass is 32.2. The number of para-hydroxylation sites is 1. The molecule has 0 bridgehead atoms. The second kappa shape index (κ2) is 8.77. The van der Waals surface area contributed by atoms with Crippen molar-refractivity contribution in [3.8, 4) is 0 Å². The maximum Gasteiger partial charge on any atom is 0.271 e. The third-order valence-corrected chi connectivity index (χ3v) is 6.15. The van der Waals surface area contributed by atoms with Gasteiger partial charge in [-0.2, -0.15) is 0 Å². The molecule has 8 heteroatoms. The summed E-state index contributed by atoms with van der Waals surface area (Å²) in [6.45, 7) is 5.31. The Balaban J connectivity index is 1.77. The number of nitrogens with zero attached hydrogens (tertiary/aromatic N) is 4. The summed E-state index contributed by atoms with van der Waals surface area (Å²) in [5, 5.41) is 11.6. The van der Waals surface area contributed by atoms with E-state index in [1.54, 1.807) is 17.0 Å². The number of thioether (sulfide) groups is 1. The van der Waals surface area contributed by atoms with E-state index in [-0.39, 0.29) is 11.6 Å². The third-order valence-electron chi connectivity index (χ3n) is 5.06. The van der Waals surface area contributed by atoms with Gasteiger partial charge in [-0.05, 0) is 48.9 Å². The number of nitro benzene ring substituents is 1. The van der Waals surface area contributed by atoms with Crippen molar-refractivity contribution >= 4 is 46.0 Å². The standard InChI is InChI=1S/C23H22N4O3S/c1-3-14-26-22(28)21(20-13-12-16-8-5-6-11-19(16)25(20)4-2)31-23(26)24-17-9-7-10-18(15-17)27(29)30/h5-13,15H,3-4,14H2,1-2H3. The Hall–Kier alpha value is -3.39. The van der Waals surface area contributed by atoms with Crippen molar-refractivity contribution in [3.63, 3.8) is 0 Å². The lowest BCUT2D eigenvalue weighted by molar-refractivity contribution is -0.384. The molecule has 0 unspecified atom stereocenters. The van der Waals surface area contributed by atoms with E-state index < -0.39 is 4.92 Å². The molecule has 7 nitrogen and oxygen atoms in total. The van der Waals surface area contributed by atoms with Crippen LogP contribution in [0.1, 0.15) is 25.8 Å². The molecule has 2 aliphatic heterocycles. The summed E-state index contributed by atoms with van der Waals surface area (Å²) >= 11 is 1.32. The quantitative estimate of drug-likeness (QED) is 0.361. The van der Waals surface area contributed by atoms with Crippen molar-refractivity contribution in [2.75, 3.05) is 18.0 Å². The lowest BCUT2D eigenvalue weighted by atomic mass is 10.1. The van der Waals surface area contributed by atoms with Crippen LogP contribution in [0.2, 0.25) is 0 Å². The molecule has 0 aliphatic carbocycles. The van der Waals surface area contributed by atoms with E-state index in [4.69, 9.17) is 0 Å². The van der Waals surface area contributed by atoms with Crippen LogP contribution in [0.15, 0.2) is 70.2 Å². The average Bonchev–Trinajstić information content (AvgIpc) is 3.08. The zero-order valence-corrected chi connectivity index (χ0v) is 18.1. The molecule has 2 heterocycles. The number of benzene rings is 2. The number of non-ortho nitro benzene ring substituents is 1. The third kappa shape index (κ3) is 3.98. The van der Waals surface area contributed by atoms with Crippen LogP contribution in [0.5, 0.6) is 0 Å². The summed E-state index contributed by atoms with van der Waals surface area (Å²) in [6.07, 6.45) is 4.78. The second-order valence-corrected chi connectivity index (χ2v) is 8.06. The van der Waals surface area contributed by atoms with Crippen LogP contribution >= 0.6 is 11.8 Å². The van der Waals surface area contributed by atoms with Crippen LogP contribution in [-0.2, 0) is 4.79 Å². The predicted molar refractivity (Wildman–Crippen MR) is 125 cm³/mol. The second-order valence-electron chi connectivity index (χ2n) is 7.08. The fourth-order valence-electron chi connectivity index (χ4n) is 3.65. The van der Waals surface area contributed by atoms with Gasteiger partial charge in [0.25, 0.3) is 11.6 Å². The molecule has 2 aromatic carbocycles. The highest BCUT2D eigenvalue weighted by Crippen LogP contribution is 2.40. The number of hydrogen-bond donors (Lipinski definition) is 0. The van der Waals surface area contributed by atoms with Gasteiger partial charge in [-0.25, -0.2) is 4.99 Å². The zero-order chi connectivity index (χ0) is 22.0. The van der Waals surface area contributed by atoms with Crippen LogP contribution in [0.4, 0.5) is 17.1 Å². The molecule has 2 aliphatic rings. The van der Waals surface area contributed by atoms with Crippen LogP contribution < -0.4 is 4.90 Å². The maximum absolute atomic E-state index is 13.3. The highest BCUT2D eigenvalue weighted by molar-refractivity contribution is 8.18. The Kier molecular flexibility index (Phi) is 5.90. The first-order valence-electron chi connectivity index (χ1n) is 10.1. The van der Waals surface area contributed by atoms with E-state index in [1.165, 1.54) is 23.9 Å². The van der Waals surface area contributed by atoms with Crippen LogP contribution in [0, 0.1) is 10.1 Å². The van der Waals surface area contributed by atoms with Crippen LogP contribution in [0.3, 0.4) is 0 Å².